The van der Waals surface area contributed by atoms with Gasteiger partial charge in [0.25, 0.3) is 0 Å². The minimum absolute atomic E-state index is 0.456. The molecule has 7 nitrogen and oxygen atoms in total. The highest BCUT2D eigenvalue weighted by Crippen LogP contribution is 2.35. The van der Waals surface area contributed by atoms with Crippen LogP contribution < -0.4 is 4.74 Å². The van der Waals surface area contributed by atoms with E-state index in [-0.39, 0.29) is 0 Å². The summed E-state index contributed by atoms with van der Waals surface area (Å²) in [5, 5.41) is 11.3. The highest BCUT2D eigenvalue weighted by atomic mass is 16.5. The Balaban J connectivity index is 1.48. The van der Waals surface area contributed by atoms with E-state index >= 15 is 0 Å². The van der Waals surface area contributed by atoms with Gasteiger partial charge < -0.3 is 9.26 Å². The smallest absolute Gasteiger partial charge is 0.204 e. The summed E-state index contributed by atoms with van der Waals surface area (Å²) in [5.74, 6) is 2.91. The van der Waals surface area contributed by atoms with E-state index in [4.69, 9.17) is 19.3 Å². The van der Waals surface area contributed by atoms with Gasteiger partial charge in [-0.2, -0.15) is 0 Å². The van der Waals surface area contributed by atoms with Gasteiger partial charge in [0.05, 0.1) is 18.5 Å². The second kappa shape index (κ2) is 8.16. The molecule has 3 heterocycles. The Labute approximate surface area is 191 Å². The first-order chi connectivity index (χ1) is 16.3. The van der Waals surface area contributed by atoms with Crippen molar-refractivity contribution in [2.75, 3.05) is 7.11 Å². The van der Waals surface area contributed by atoms with Gasteiger partial charge >= 0.3 is 0 Å². The Morgan fingerprint density at radius 2 is 1.82 bits per heavy atom. The number of fused-ring (bicyclic) bond motifs is 1. The van der Waals surface area contributed by atoms with Gasteiger partial charge in [-0.05, 0) is 36.4 Å². The molecule has 0 bridgehead atoms. The average Bonchev–Trinajstić information content (AvgIpc) is 3.64. The van der Waals surface area contributed by atoms with Crippen molar-refractivity contribution in [2.45, 2.75) is 31.6 Å². The minimum Gasteiger partial charge on any atom is -0.497 e. The molecule has 0 amide bonds. The van der Waals surface area contributed by atoms with Crippen LogP contribution in [0.1, 0.15) is 37.3 Å². The summed E-state index contributed by atoms with van der Waals surface area (Å²) in [6.07, 6.45) is 6.64. The van der Waals surface area contributed by atoms with Crippen molar-refractivity contribution in [1.82, 2.24) is 24.9 Å². The van der Waals surface area contributed by atoms with E-state index in [1.807, 2.05) is 60.8 Å². The summed E-state index contributed by atoms with van der Waals surface area (Å²) in [6.45, 7) is 0. The highest BCUT2D eigenvalue weighted by Gasteiger charge is 2.24. The van der Waals surface area contributed by atoms with Crippen molar-refractivity contribution in [3.8, 4) is 34.5 Å². The molecule has 1 saturated carbocycles. The van der Waals surface area contributed by atoms with Gasteiger partial charge in [0.15, 0.2) is 0 Å². The monoisotopic (exact) mass is 437 g/mol. The van der Waals surface area contributed by atoms with Crippen LogP contribution in [0.25, 0.3) is 39.6 Å². The van der Waals surface area contributed by atoms with Gasteiger partial charge in [0.1, 0.15) is 11.4 Å². The number of nitrogens with zero attached hydrogens (tertiary/aromatic N) is 5. The van der Waals surface area contributed by atoms with Gasteiger partial charge in [0.2, 0.25) is 17.4 Å². The number of rotatable bonds is 5. The molecule has 0 saturated heterocycles. The topological polar surface area (TPSA) is 78.9 Å². The van der Waals surface area contributed by atoms with Crippen molar-refractivity contribution in [1.29, 1.82) is 0 Å². The molecule has 0 radical (unpaired) electrons. The summed E-state index contributed by atoms with van der Waals surface area (Å²) in [6, 6.07) is 19.8. The quantitative estimate of drug-likeness (QED) is 0.346. The van der Waals surface area contributed by atoms with E-state index in [2.05, 4.69) is 16.2 Å². The van der Waals surface area contributed by atoms with E-state index in [1.54, 1.807) is 11.8 Å². The Morgan fingerprint density at radius 1 is 0.970 bits per heavy atom. The van der Waals surface area contributed by atoms with Crippen LogP contribution in [0.15, 0.2) is 71.4 Å². The normalized spacial score (nSPS) is 14.2. The molecule has 0 N–H and O–H groups in total. The molecule has 0 spiro atoms. The van der Waals surface area contributed by atoms with Crippen molar-refractivity contribution in [2.24, 2.45) is 0 Å². The van der Waals surface area contributed by atoms with E-state index < -0.39 is 0 Å². The molecule has 1 aliphatic rings. The second-order valence-electron chi connectivity index (χ2n) is 8.39. The molecule has 164 valence electrons. The summed E-state index contributed by atoms with van der Waals surface area (Å²) in [5.41, 5.74) is 2.52. The van der Waals surface area contributed by atoms with Crippen LogP contribution in [0.5, 0.6) is 5.75 Å². The predicted molar refractivity (Wildman–Crippen MR) is 125 cm³/mol. The fraction of sp³-hybridized carbons (Fsp3) is 0.231. The fourth-order valence-electron chi connectivity index (χ4n) is 4.52. The van der Waals surface area contributed by atoms with Gasteiger partial charge in [-0.15, -0.1) is 5.10 Å². The van der Waals surface area contributed by atoms with Crippen LogP contribution in [0.4, 0.5) is 0 Å². The van der Waals surface area contributed by atoms with E-state index in [9.17, 15) is 0 Å². The highest BCUT2D eigenvalue weighted by molar-refractivity contribution is 5.84. The first-order valence-electron chi connectivity index (χ1n) is 11.2. The minimum atomic E-state index is 0.456. The van der Waals surface area contributed by atoms with E-state index in [1.165, 1.54) is 12.8 Å². The summed E-state index contributed by atoms with van der Waals surface area (Å²) in [4.78, 5) is 9.46. The van der Waals surface area contributed by atoms with Crippen LogP contribution in [0.2, 0.25) is 0 Å². The molecule has 1 fully saturated rings. The number of ether oxygens (including phenoxy) is 1. The van der Waals surface area contributed by atoms with Crippen molar-refractivity contribution in [3.05, 3.63) is 72.6 Å². The third kappa shape index (κ3) is 3.65. The first kappa shape index (κ1) is 19.7. The maximum absolute atomic E-state index is 5.78. The van der Waals surface area contributed by atoms with Gasteiger partial charge in [-0.1, -0.05) is 48.3 Å². The number of benzene rings is 2. The van der Waals surface area contributed by atoms with E-state index in [0.29, 0.717) is 29.0 Å². The molecule has 2 aromatic carbocycles. The lowest BCUT2D eigenvalue weighted by Gasteiger charge is -2.06. The van der Waals surface area contributed by atoms with Crippen molar-refractivity contribution >= 4 is 10.8 Å². The molecular formula is C26H23N5O2. The molecule has 0 atom stereocenters. The number of aromatic nitrogens is 5. The Morgan fingerprint density at radius 3 is 2.67 bits per heavy atom. The maximum Gasteiger partial charge on any atom is 0.204 e. The first-order valence-corrected chi connectivity index (χ1v) is 11.2. The van der Waals surface area contributed by atoms with Crippen LogP contribution in [-0.4, -0.2) is 32.0 Å². The molecule has 5 aromatic rings. The molecule has 7 heteroatoms. The van der Waals surface area contributed by atoms with Crippen LogP contribution in [0, 0.1) is 0 Å². The average molecular weight is 438 g/mol. The zero-order valence-electron chi connectivity index (χ0n) is 18.3. The molecule has 6 rings (SSSR count). The molecule has 3 aromatic heterocycles. The fourth-order valence-corrected chi connectivity index (χ4v) is 4.52. The Hall–Kier alpha value is -4.00. The van der Waals surface area contributed by atoms with Gasteiger partial charge in [0, 0.05) is 29.6 Å². The van der Waals surface area contributed by atoms with Gasteiger partial charge in [-0.3, -0.25) is 4.98 Å². The van der Waals surface area contributed by atoms with Crippen LogP contribution >= 0.6 is 0 Å². The SMILES string of the molecule is COc1cccc(-n2nc(-c3cc4ccccc4cn3)nc2-c2cc(C3CCCC3)no2)c1. The second-order valence-corrected chi connectivity index (χ2v) is 8.39. The molecule has 0 aliphatic heterocycles. The number of pyridine rings is 1. The van der Waals surface area contributed by atoms with Crippen LogP contribution in [-0.2, 0) is 0 Å². The summed E-state index contributed by atoms with van der Waals surface area (Å²) in [7, 11) is 1.65. The number of hydrogen-bond acceptors (Lipinski definition) is 6. The molecule has 33 heavy (non-hydrogen) atoms. The van der Waals surface area contributed by atoms with Crippen LogP contribution in [0.3, 0.4) is 0 Å². The zero-order valence-corrected chi connectivity index (χ0v) is 18.3. The Bertz CT molecular complexity index is 1430. The largest absolute Gasteiger partial charge is 0.497 e. The molecule has 0 unspecified atom stereocenters. The van der Waals surface area contributed by atoms with Crippen molar-refractivity contribution < 1.29 is 9.26 Å². The lowest BCUT2D eigenvalue weighted by atomic mass is 10.0. The van der Waals surface area contributed by atoms with E-state index in [0.717, 1.165) is 40.7 Å². The lowest BCUT2D eigenvalue weighted by Crippen LogP contribution is -2.00. The third-order valence-corrected chi connectivity index (χ3v) is 6.29. The standard InChI is InChI=1S/C26H23N5O2/c1-32-21-12-6-11-20(14-21)31-26(24-15-22(30-33-24)17-7-2-3-8-17)28-25(29-31)23-13-18-9-4-5-10-19(18)16-27-23/h4-6,9-17H,2-3,7-8H2,1H3. The number of hydrogen-bond donors (Lipinski definition) is 0. The summed E-state index contributed by atoms with van der Waals surface area (Å²) >= 11 is 0. The predicted octanol–water partition coefficient (Wildman–Crippen LogP) is 5.80. The number of methoxy groups -OCH3 is 1. The van der Waals surface area contributed by atoms with Gasteiger partial charge in [-0.25, -0.2) is 9.67 Å². The molecular weight excluding hydrogens is 414 g/mol. The maximum atomic E-state index is 5.78. The zero-order chi connectivity index (χ0) is 22.2. The lowest BCUT2D eigenvalue weighted by molar-refractivity contribution is 0.412. The summed E-state index contributed by atoms with van der Waals surface area (Å²) < 4.78 is 13.0. The third-order valence-electron chi connectivity index (χ3n) is 6.29. The Kier molecular flexibility index (Phi) is 4.87. The molecule has 1 aliphatic carbocycles. The van der Waals surface area contributed by atoms with Crippen molar-refractivity contribution in [3.63, 3.8) is 0 Å².